The fraction of sp³-hybridized carbons (Fsp3) is 0.850. The first kappa shape index (κ1) is 126. The molecule has 19 fully saturated rings. The summed E-state index contributed by atoms with van der Waals surface area (Å²) in [6, 6.07) is 8.72. The maximum absolute atomic E-state index is 13.0. The van der Waals surface area contributed by atoms with Gasteiger partial charge in [0.1, 0.15) is 78.4 Å². The quantitative estimate of drug-likeness (QED) is 0.0667. The van der Waals surface area contributed by atoms with E-state index < -0.39 is 17.7 Å². The zero-order valence-corrected chi connectivity index (χ0v) is 83.3. The highest BCUT2D eigenvalue weighted by atomic mass is 35.5. The lowest BCUT2D eigenvalue weighted by molar-refractivity contribution is -0.156. The minimum atomic E-state index is -0.657. The molecule has 5 heterocycles. The van der Waals surface area contributed by atoms with Gasteiger partial charge in [-0.15, -0.1) is 24.8 Å². The molecule has 34 nitrogen and oxygen atoms in total. The number of nitrogens with zero attached hydrogens (tertiary/aromatic N) is 9. The van der Waals surface area contributed by atoms with Gasteiger partial charge in [-0.3, -0.25) is 57.6 Å². The fourth-order valence-corrected chi connectivity index (χ4v) is 27.3. The van der Waals surface area contributed by atoms with Crippen molar-refractivity contribution in [3.63, 3.8) is 0 Å². The van der Waals surface area contributed by atoms with Crippen molar-refractivity contribution in [1.82, 2.24) is 40.4 Å². The van der Waals surface area contributed by atoms with Gasteiger partial charge >= 0.3 is 35.9 Å². The van der Waals surface area contributed by atoms with Gasteiger partial charge in [0, 0.05) is 123 Å². The predicted octanol–water partition coefficient (Wildman–Crippen LogP) is 14.1. The highest BCUT2D eigenvalue weighted by Crippen LogP contribution is 2.54. The number of Topliss-reactive ketones (excluding diaryl/α,β-unsaturated/α-hetero) is 2. The number of carbonyl (C=O) groups excluding carboxylic acids is 12. The Morgan fingerprint density at radius 2 is 0.608 bits per heavy atom. The Morgan fingerprint density at radius 3 is 0.860 bits per heavy atom. The average molecular weight is 2050 g/mol. The molecule has 5 saturated heterocycles. The van der Waals surface area contributed by atoms with Crippen molar-refractivity contribution >= 4 is 95.9 Å². The third kappa shape index (κ3) is 34.9. The number of likely N-dealkylation sites (tertiary alicyclic amines) is 4. The van der Waals surface area contributed by atoms with Crippen LogP contribution in [0.5, 0.6) is 0 Å². The Bertz CT molecular complexity index is 4040. The van der Waals surface area contributed by atoms with Crippen molar-refractivity contribution in [1.29, 1.82) is 21.0 Å². The van der Waals surface area contributed by atoms with Crippen LogP contribution in [-0.4, -0.2) is 274 Å². The number of carbonyl (C=O) groups is 12. The van der Waals surface area contributed by atoms with Gasteiger partial charge in [0.25, 0.3) is 0 Å². The van der Waals surface area contributed by atoms with Crippen LogP contribution in [0.25, 0.3) is 0 Å². The molecule has 0 aromatic carbocycles. The molecule has 19 aliphatic rings. The minimum Gasteiger partial charge on any atom is -0.463 e. The third-order valence-electron chi connectivity index (χ3n) is 32.8. The van der Waals surface area contributed by atoms with Crippen LogP contribution in [0.3, 0.4) is 0 Å². The first-order valence-electron chi connectivity index (χ1n) is 50.9. The normalized spacial score (nSPS) is 34.6. The smallest absolute Gasteiger partial charge is 0.411 e. The zero-order valence-electron chi connectivity index (χ0n) is 81.7. The molecule has 0 bridgehead atoms. The van der Waals surface area contributed by atoms with Gasteiger partial charge < -0.3 is 83.7 Å². The van der Waals surface area contributed by atoms with E-state index in [0.717, 1.165) is 225 Å². The molecule has 143 heavy (non-hydrogen) atoms. The highest BCUT2D eigenvalue weighted by molar-refractivity contribution is 5.86. The SMILES string of the molecule is C.C.C.C.C.C.CC(=O)OC1C[C@@H]2CC(N(CC(=O)N3CCC[C@H]3C#N)C(=O)OC(C)(C)C)C[C@@H]2C1.CC(=O)OC1C[C@H]2CC(=O)C[C@H]2C1.CC(=O)OC1C[C@H]2CC(NCC(=O)N3CCC[C@H]3C#N)C[C@H]2C1.CC(=O)OC1C[C@H]2CC(NCC(=O)N3CCC[C@H]3C#N)C[C@H]2C1.CC(=O)OC1C[C@H]2CC(NCC(=O)N3CCC[C@H]3C#N)C[C@H]2C1.Cl.Cl.O=C1C[C@@H]2CC(O)C[C@@H]2C1.OC1C[C@@H]2CC3(C[C@@H]2C1)OCCO3. The van der Waals surface area contributed by atoms with E-state index in [2.05, 4.69) is 40.2 Å². The summed E-state index contributed by atoms with van der Waals surface area (Å²) in [5, 5.41) is 65.3. The number of halogens is 2. The number of nitrogens with one attached hydrogen (secondary N) is 3. The van der Waals surface area contributed by atoms with Crippen molar-refractivity contribution in [3.05, 3.63) is 0 Å². The van der Waals surface area contributed by atoms with Gasteiger partial charge in [-0.1, -0.05) is 44.6 Å². The fourth-order valence-electron chi connectivity index (χ4n) is 27.3. The van der Waals surface area contributed by atoms with Crippen molar-refractivity contribution in [2.24, 2.45) is 82.9 Å². The van der Waals surface area contributed by atoms with Gasteiger partial charge in [-0.05, 0) is 296 Å². The second-order valence-electron chi connectivity index (χ2n) is 43.7. The number of amides is 5. The third-order valence-corrected chi connectivity index (χ3v) is 32.8. The number of ketones is 2. The average Bonchev–Trinajstić information content (AvgIpc) is 1.61. The van der Waals surface area contributed by atoms with E-state index in [1.807, 2.05) is 20.8 Å². The minimum absolute atomic E-state index is 0. The Balaban J connectivity index is 0.000000297. The van der Waals surface area contributed by atoms with Gasteiger partial charge in [-0.2, -0.15) is 21.0 Å². The summed E-state index contributed by atoms with van der Waals surface area (Å²) in [7, 11) is 0. The number of aliphatic hydroxyl groups is 2. The van der Waals surface area contributed by atoms with E-state index in [0.29, 0.717) is 178 Å². The molecule has 0 radical (unpaired) electrons. The summed E-state index contributed by atoms with van der Waals surface area (Å²) in [6.45, 7) is 17.8. The van der Waals surface area contributed by atoms with Crippen LogP contribution in [-0.2, 0) is 90.6 Å². The van der Waals surface area contributed by atoms with Crippen LogP contribution in [0, 0.1) is 128 Å². The molecule has 1 spiro atoms. The van der Waals surface area contributed by atoms with Gasteiger partial charge in [-0.25, -0.2) is 4.79 Å². The van der Waals surface area contributed by atoms with Crippen LogP contribution in [0.1, 0.15) is 331 Å². The van der Waals surface area contributed by atoms with E-state index >= 15 is 0 Å². The van der Waals surface area contributed by atoms with Crippen LogP contribution >= 0.6 is 24.8 Å². The van der Waals surface area contributed by atoms with Gasteiger partial charge in [0.2, 0.25) is 23.6 Å². The van der Waals surface area contributed by atoms with Crippen molar-refractivity contribution in [3.8, 4) is 24.3 Å². The first-order valence-corrected chi connectivity index (χ1v) is 50.9. The molecule has 14 aliphatic carbocycles. The Kier molecular flexibility index (Phi) is 50.6. The highest BCUT2D eigenvalue weighted by Gasteiger charge is 2.54. The summed E-state index contributed by atoms with van der Waals surface area (Å²) in [4.78, 5) is 148. The molecule has 0 aromatic heterocycles. The molecule has 11 unspecified atom stereocenters. The molecular formula is C107H176Cl2N12O22. The van der Waals surface area contributed by atoms with Crippen molar-refractivity contribution in [2.45, 2.75) is 434 Å². The van der Waals surface area contributed by atoms with E-state index in [4.69, 9.17) is 53.7 Å². The Morgan fingerprint density at radius 1 is 0.371 bits per heavy atom. The van der Waals surface area contributed by atoms with E-state index in [1.165, 1.54) is 34.6 Å². The number of hydrogen-bond donors (Lipinski definition) is 5. The van der Waals surface area contributed by atoms with Gasteiger partial charge in [0.05, 0.1) is 69.3 Å². The molecule has 36 heteroatoms. The Labute approximate surface area is 864 Å². The summed E-state index contributed by atoms with van der Waals surface area (Å²) in [5.41, 5.74) is -0.657. The van der Waals surface area contributed by atoms with Crippen LogP contribution in [0.4, 0.5) is 4.79 Å². The number of hydrogen-bond acceptors (Lipinski definition) is 29. The standard InChI is InChI=1S/C22H33N3O5.3C17H25N3O3.C10H16O3.C10H14O3.C8H12O2.6CH4.2ClH/c1-14(26)29-19-10-15-8-18(9-16(15)11-19)25(21(28)30-22(2,3)4)13-20(27)24-7-5-6-17(24)12-23;3*1-11(21)23-16-7-12-5-14(6-13(12)8-16)19-10-17(22)20-4-2-3-15(20)9-18;11-9-3-7-5-10(6-8(7)4-9)12-1-2-13-10;1-6(11)13-10-4-7-2-9(12)3-8(7)5-10;9-7-1-5-2-8(10)4-6(5)3-7;;;;;;;;/h15-19H,5-11,13H2,1-4H3;3*12-16,19H,2-8,10H2,1H3;7-9,11H,1-6H2;7-8,10H,2-5H2,1H3;5-7,9H,1-4H2;6*1H4;2*1H/t15-,16+,17-,18?,19?;3*12-,13+,14?,15-,16?;7-,8+,9?;7-,8+,10?;5-,6+,7?;;;;;;;;/m0000.........../s1. The first-order chi connectivity index (χ1) is 64.4. The zero-order chi connectivity index (χ0) is 96.7. The lowest BCUT2D eigenvalue weighted by atomic mass is 10.0. The maximum Gasteiger partial charge on any atom is 0.411 e. The summed E-state index contributed by atoms with van der Waals surface area (Å²) in [6.07, 6.45) is 31.9. The molecule has 5 aliphatic heterocycles. The lowest BCUT2D eigenvalue weighted by Gasteiger charge is -2.33. The number of esters is 5. The topological polar surface area (TPSA) is 467 Å². The summed E-state index contributed by atoms with van der Waals surface area (Å²) < 4.78 is 43.4. The Hall–Kier alpha value is -7.90. The van der Waals surface area contributed by atoms with Crippen LogP contribution < -0.4 is 16.0 Å². The molecule has 19 rings (SSSR count). The van der Waals surface area contributed by atoms with Gasteiger partial charge in [0.15, 0.2) is 5.79 Å². The predicted molar refractivity (Wildman–Crippen MR) is 541 cm³/mol. The maximum atomic E-state index is 13.0. The number of ether oxygens (including phenoxy) is 8. The molecule has 29 atom stereocenters. The molecule has 14 saturated carbocycles. The van der Waals surface area contributed by atoms with Crippen LogP contribution in [0.15, 0.2) is 0 Å². The van der Waals surface area contributed by atoms with E-state index in [-0.39, 0.29) is 202 Å². The molecule has 810 valence electrons. The molecule has 5 N–H and O–H groups in total. The lowest BCUT2D eigenvalue weighted by Crippen LogP contribution is -2.49. The molecule has 0 aromatic rings. The van der Waals surface area contributed by atoms with Crippen molar-refractivity contribution < 1.29 is 106 Å². The monoisotopic (exact) mass is 2050 g/mol. The summed E-state index contributed by atoms with van der Waals surface area (Å²) in [5.74, 6) is 7.18. The van der Waals surface area contributed by atoms with Crippen molar-refractivity contribution in [2.75, 3.05) is 65.6 Å². The number of aliphatic hydroxyl groups excluding tert-OH is 2. The number of fused-ring (bicyclic) bond motifs is 7. The number of nitriles is 4. The summed E-state index contributed by atoms with van der Waals surface area (Å²) >= 11 is 0. The molecule has 5 amide bonds. The van der Waals surface area contributed by atoms with E-state index in [1.54, 1.807) is 24.5 Å². The largest absolute Gasteiger partial charge is 0.463 e. The number of rotatable bonds is 17. The second kappa shape index (κ2) is 57.6. The molecular weight excluding hydrogens is 1880 g/mol. The second-order valence-corrected chi connectivity index (χ2v) is 43.7. The van der Waals surface area contributed by atoms with Crippen LogP contribution in [0.2, 0.25) is 0 Å². The van der Waals surface area contributed by atoms with E-state index in [9.17, 15) is 73.0 Å².